The molecule has 0 unspecified atom stereocenters. The summed E-state index contributed by atoms with van der Waals surface area (Å²) in [4.78, 5) is 2.58. The molecule has 0 bridgehead atoms. The molecule has 0 saturated heterocycles. The van der Waals surface area contributed by atoms with Gasteiger partial charge >= 0.3 is 0 Å². The third-order valence-corrected chi connectivity index (χ3v) is 9.27. The van der Waals surface area contributed by atoms with Gasteiger partial charge in [0.25, 0.3) is 0 Å². The molecule has 0 radical (unpaired) electrons. The smallest absolute Gasteiger partial charge is 0.0542 e. The van der Waals surface area contributed by atoms with Gasteiger partial charge in [0.2, 0.25) is 0 Å². The van der Waals surface area contributed by atoms with Gasteiger partial charge in [0.15, 0.2) is 0 Å². The molecule has 6 aromatic rings. The predicted octanol–water partition coefficient (Wildman–Crippen LogP) is 9.73. The fraction of sp³-hybridized carbons (Fsp3) is 0. The molecular formula is C26H16S4. The highest BCUT2D eigenvalue weighted by Crippen LogP contribution is 2.44. The van der Waals surface area contributed by atoms with Gasteiger partial charge in [-0.15, -0.1) is 45.3 Å². The molecule has 4 heteroatoms. The third kappa shape index (κ3) is 3.36. The van der Waals surface area contributed by atoms with E-state index in [1.165, 1.54) is 50.5 Å². The van der Waals surface area contributed by atoms with Crippen molar-refractivity contribution in [1.82, 2.24) is 0 Å². The number of fused-ring (bicyclic) bond motifs is 5. The van der Waals surface area contributed by atoms with E-state index in [1.54, 1.807) is 22.7 Å². The van der Waals surface area contributed by atoms with Gasteiger partial charge in [-0.05, 0) is 58.3 Å². The lowest BCUT2D eigenvalue weighted by molar-refractivity contribution is 1.78. The predicted molar refractivity (Wildman–Crippen MR) is 141 cm³/mol. The molecule has 0 amide bonds. The SMILES string of the molecule is C(=C\c1cccs1)/c1ccc2c(c1)sc1c3ccc(/C=C/c4cccs4)cc3sc21. The van der Waals surface area contributed by atoms with Crippen molar-refractivity contribution in [2.45, 2.75) is 0 Å². The Bertz CT molecular complexity index is 1400. The van der Waals surface area contributed by atoms with E-state index >= 15 is 0 Å². The molecule has 144 valence electrons. The Hall–Kier alpha value is -2.50. The molecule has 0 saturated carbocycles. The lowest BCUT2D eigenvalue weighted by Gasteiger charge is -1.96. The molecule has 0 aliphatic heterocycles. The quantitative estimate of drug-likeness (QED) is 0.248. The van der Waals surface area contributed by atoms with E-state index in [4.69, 9.17) is 0 Å². The van der Waals surface area contributed by atoms with Crippen LogP contribution in [0.4, 0.5) is 0 Å². The Kier molecular flexibility index (Phi) is 4.65. The van der Waals surface area contributed by atoms with Crippen LogP contribution in [0.15, 0.2) is 71.4 Å². The number of hydrogen-bond donors (Lipinski definition) is 0. The van der Waals surface area contributed by atoms with E-state index in [9.17, 15) is 0 Å². The van der Waals surface area contributed by atoms with Crippen molar-refractivity contribution in [2.24, 2.45) is 0 Å². The van der Waals surface area contributed by atoms with Crippen LogP contribution in [0.1, 0.15) is 20.9 Å². The van der Waals surface area contributed by atoms with Gasteiger partial charge in [-0.3, -0.25) is 0 Å². The summed E-state index contributed by atoms with van der Waals surface area (Å²) >= 11 is 7.37. The highest BCUT2D eigenvalue weighted by Gasteiger charge is 2.12. The van der Waals surface area contributed by atoms with Crippen molar-refractivity contribution >= 4 is 99.2 Å². The standard InChI is InChI=1S/C26H16S4/c1-3-19(27-13-1)9-5-17-7-11-21-23(15-17)29-26-22-12-8-18(16-24(22)30-25(21)26)6-10-20-4-2-14-28-20/h1-16H/b9-5+,10-6+. The molecule has 30 heavy (non-hydrogen) atoms. The molecule has 0 atom stereocenters. The zero-order valence-corrected chi connectivity index (χ0v) is 19.1. The second kappa shape index (κ2) is 7.64. The van der Waals surface area contributed by atoms with E-state index in [-0.39, 0.29) is 0 Å². The van der Waals surface area contributed by atoms with Crippen LogP contribution >= 0.6 is 45.3 Å². The molecule has 0 aliphatic carbocycles. The average molecular weight is 457 g/mol. The fourth-order valence-corrected chi connectivity index (χ4v) is 7.61. The van der Waals surface area contributed by atoms with Gasteiger partial charge in [-0.1, -0.05) is 48.6 Å². The summed E-state index contributed by atoms with van der Waals surface area (Å²) in [5.41, 5.74) is 2.52. The first-order valence-electron chi connectivity index (χ1n) is 9.65. The first kappa shape index (κ1) is 18.3. The van der Waals surface area contributed by atoms with Crippen LogP contribution in [-0.4, -0.2) is 0 Å². The Balaban J connectivity index is 1.38. The lowest BCUT2D eigenvalue weighted by Crippen LogP contribution is -1.71. The van der Waals surface area contributed by atoms with Gasteiger partial charge < -0.3 is 0 Å². The van der Waals surface area contributed by atoms with Gasteiger partial charge in [0.1, 0.15) is 0 Å². The Morgan fingerprint density at radius 3 is 1.47 bits per heavy atom. The van der Waals surface area contributed by atoms with E-state index in [1.807, 2.05) is 22.7 Å². The van der Waals surface area contributed by atoms with Gasteiger partial charge in [0, 0.05) is 29.9 Å². The lowest BCUT2D eigenvalue weighted by atomic mass is 10.1. The van der Waals surface area contributed by atoms with Gasteiger partial charge in [0.05, 0.1) is 9.40 Å². The molecule has 0 N–H and O–H groups in total. The summed E-state index contributed by atoms with van der Waals surface area (Å²) in [7, 11) is 0. The normalized spacial score (nSPS) is 12.4. The minimum Gasteiger partial charge on any atom is -0.144 e. The van der Waals surface area contributed by atoms with Gasteiger partial charge in [-0.25, -0.2) is 0 Å². The molecule has 0 spiro atoms. The highest BCUT2D eigenvalue weighted by atomic mass is 32.1. The van der Waals surface area contributed by atoms with E-state index in [0.717, 1.165) is 0 Å². The molecule has 4 aromatic heterocycles. The summed E-state index contributed by atoms with van der Waals surface area (Å²) in [6, 6.07) is 22.2. The van der Waals surface area contributed by atoms with E-state index in [2.05, 4.69) is 95.7 Å². The van der Waals surface area contributed by atoms with Crippen LogP contribution in [0.5, 0.6) is 0 Å². The van der Waals surface area contributed by atoms with Crippen LogP contribution in [-0.2, 0) is 0 Å². The van der Waals surface area contributed by atoms with E-state index in [0.29, 0.717) is 0 Å². The number of rotatable bonds is 4. The first-order valence-corrected chi connectivity index (χ1v) is 13.0. The summed E-state index contributed by atoms with van der Waals surface area (Å²) in [6.07, 6.45) is 8.82. The third-order valence-electron chi connectivity index (χ3n) is 5.10. The maximum atomic E-state index is 2.32. The minimum absolute atomic E-state index is 1.26. The average Bonchev–Trinajstić information content (AvgIpc) is 3.55. The monoisotopic (exact) mass is 456 g/mol. The Morgan fingerprint density at radius 2 is 1.03 bits per heavy atom. The zero-order chi connectivity index (χ0) is 19.9. The Morgan fingerprint density at radius 1 is 0.533 bits per heavy atom. The first-order chi connectivity index (χ1) is 14.8. The van der Waals surface area contributed by atoms with Crippen molar-refractivity contribution in [2.75, 3.05) is 0 Å². The van der Waals surface area contributed by atoms with Crippen LogP contribution in [0, 0.1) is 0 Å². The van der Waals surface area contributed by atoms with Crippen LogP contribution in [0.25, 0.3) is 53.9 Å². The second-order valence-corrected chi connectivity index (χ2v) is 11.1. The van der Waals surface area contributed by atoms with Crippen molar-refractivity contribution in [1.29, 1.82) is 0 Å². The van der Waals surface area contributed by atoms with Crippen molar-refractivity contribution in [3.8, 4) is 0 Å². The fourth-order valence-electron chi connectivity index (χ4n) is 3.63. The van der Waals surface area contributed by atoms with Crippen LogP contribution in [0.2, 0.25) is 0 Å². The summed E-state index contributed by atoms with van der Waals surface area (Å²) in [5.74, 6) is 0. The Labute approximate surface area is 190 Å². The zero-order valence-electron chi connectivity index (χ0n) is 15.9. The van der Waals surface area contributed by atoms with Crippen molar-refractivity contribution in [3.63, 3.8) is 0 Å². The van der Waals surface area contributed by atoms with Crippen molar-refractivity contribution < 1.29 is 0 Å². The summed E-state index contributed by atoms with van der Waals surface area (Å²) in [6.45, 7) is 0. The molecule has 4 heterocycles. The molecule has 0 fully saturated rings. The van der Waals surface area contributed by atoms with Crippen LogP contribution < -0.4 is 0 Å². The highest BCUT2D eigenvalue weighted by molar-refractivity contribution is 7.36. The second-order valence-electron chi connectivity index (χ2n) is 7.07. The number of thiophene rings is 4. The van der Waals surface area contributed by atoms with E-state index < -0.39 is 0 Å². The summed E-state index contributed by atoms with van der Waals surface area (Å²) < 4.78 is 5.57. The molecule has 0 nitrogen and oxygen atoms in total. The molecule has 6 rings (SSSR count). The topological polar surface area (TPSA) is 0 Å². The minimum atomic E-state index is 1.26. The van der Waals surface area contributed by atoms with Crippen LogP contribution in [0.3, 0.4) is 0 Å². The molecule has 2 aromatic carbocycles. The summed E-state index contributed by atoms with van der Waals surface area (Å²) in [5, 5.41) is 6.98. The number of benzene rings is 2. The molecule has 0 aliphatic rings. The molecular weight excluding hydrogens is 441 g/mol. The number of hydrogen-bond acceptors (Lipinski definition) is 4. The maximum absolute atomic E-state index is 2.32. The largest absolute Gasteiger partial charge is 0.144 e. The van der Waals surface area contributed by atoms with Gasteiger partial charge in [-0.2, -0.15) is 0 Å². The van der Waals surface area contributed by atoms with Crippen molar-refractivity contribution in [3.05, 3.63) is 92.3 Å². The maximum Gasteiger partial charge on any atom is 0.0542 e.